The van der Waals surface area contributed by atoms with Crippen LogP contribution in [0.5, 0.6) is 0 Å². The first-order chi connectivity index (χ1) is 18.9. The molecule has 0 atom stereocenters. The highest BCUT2D eigenvalue weighted by molar-refractivity contribution is 6.06. The molecule has 0 bridgehead atoms. The summed E-state index contributed by atoms with van der Waals surface area (Å²) in [6.45, 7) is 12.3. The SMILES string of the molecule is Cn1c2ccc(C(=O)C(C)(C)N3CCOCC3)cc2c(=O)c(=O)c2cc(C(=O)C(C)(C)N3CCOCC3)ccc21. The summed E-state index contributed by atoms with van der Waals surface area (Å²) >= 11 is 0. The van der Waals surface area contributed by atoms with Crippen LogP contribution < -0.4 is 10.9 Å². The number of nitrogens with zero attached hydrogens (tertiary/aromatic N) is 3. The van der Waals surface area contributed by atoms with Gasteiger partial charge in [0.2, 0.25) is 10.9 Å². The van der Waals surface area contributed by atoms with Crippen LogP contribution in [0.15, 0.2) is 46.0 Å². The lowest BCUT2D eigenvalue weighted by Gasteiger charge is -2.39. The predicted molar refractivity (Wildman–Crippen MR) is 155 cm³/mol. The number of ketones is 2. The normalized spacial score (nSPS) is 17.8. The maximum atomic E-state index is 13.6. The number of carbonyl (C=O) groups is 2. The van der Waals surface area contributed by atoms with Gasteiger partial charge in [0, 0.05) is 44.4 Å². The van der Waals surface area contributed by atoms with Gasteiger partial charge in [0.05, 0.1) is 59.3 Å². The Morgan fingerprint density at radius 1 is 0.650 bits per heavy atom. The van der Waals surface area contributed by atoms with Crippen molar-refractivity contribution in [2.45, 2.75) is 38.8 Å². The van der Waals surface area contributed by atoms with E-state index >= 15 is 0 Å². The molecule has 3 aromatic rings. The third kappa shape index (κ3) is 4.81. The van der Waals surface area contributed by atoms with Crippen molar-refractivity contribution in [2.24, 2.45) is 7.05 Å². The summed E-state index contributed by atoms with van der Waals surface area (Å²) in [5, 5.41) is 0.350. The summed E-state index contributed by atoms with van der Waals surface area (Å²) in [5.41, 5.74) is -1.18. The van der Waals surface area contributed by atoms with Gasteiger partial charge in [-0.3, -0.25) is 29.0 Å². The average Bonchev–Trinajstić information content (AvgIpc) is 3.06. The number of benzene rings is 2. The molecule has 2 fully saturated rings. The average molecular weight is 548 g/mol. The molecule has 9 nitrogen and oxygen atoms in total. The highest BCUT2D eigenvalue weighted by atomic mass is 16.5. The number of hydrogen-bond acceptors (Lipinski definition) is 8. The van der Waals surface area contributed by atoms with Crippen LogP contribution in [0, 0.1) is 0 Å². The monoisotopic (exact) mass is 547 g/mol. The molecule has 2 saturated heterocycles. The van der Waals surface area contributed by atoms with E-state index in [-0.39, 0.29) is 22.3 Å². The van der Waals surface area contributed by atoms with Crippen LogP contribution in [0.2, 0.25) is 0 Å². The molecule has 0 spiro atoms. The molecule has 2 aliphatic heterocycles. The van der Waals surface area contributed by atoms with Gasteiger partial charge in [-0.2, -0.15) is 0 Å². The minimum absolute atomic E-state index is 0.125. The van der Waals surface area contributed by atoms with Crippen molar-refractivity contribution in [2.75, 3.05) is 52.6 Å². The van der Waals surface area contributed by atoms with Gasteiger partial charge in [-0.1, -0.05) is 0 Å². The Labute approximate surface area is 233 Å². The summed E-state index contributed by atoms with van der Waals surface area (Å²) in [7, 11) is 1.78. The van der Waals surface area contributed by atoms with E-state index in [1.165, 1.54) is 12.1 Å². The minimum Gasteiger partial charge on any atom is -0.379 e. The van der Waals surface area contributed by atoms with E-state index in [0.29, 0.717) is 74.8 Å². The van der Waals surface area contributed by atoms with E-state index in [1.807, 2.05) is 27.7 Å². The predicted octanol–water partition coefficient (Wildman–Crippen LogP) is 2.64. The van der Waals surface area contributed by atoms with E-state index in [9.17, 15) is 19.2 Å². The van der Waals surface area contributed by atoms with Gasteiger partial charge in [0.15, 0.2) is 11.6 Å². The molecule has 0 radical (unpaired) electrons. The fraction of sp³-hybridized carbons (Fsp3) is 0.484. The number of rotatable bonds is 6. The van der Waals surface area contributed by atoms with Gasteiger partial charge >= 0.3 is 0 Å². The smallest absolute Gasteiger partial charge is 0.235 e. The molecule has 3 heterocycles. The molecule has 2 aromatic carbocycles. The first kappa shape index (κ1) is 28.3. The standard InChI is InChI=1S/C31H37N3O6/c1-30(2,33-10-14-39-15-11-33)28(37)20-6-8-24-22(18-20)26(35)27(36)23-19-21(7-9-25(23)32(24)5)29(38)31(3,4)34-12-16-40-17-13-34/h6-9,18-19H,10-17H2,1-5H3. The zero-order valence-electron chi connectivity index (χ0n) is 23.9. The van der Waals surface area contributed by atoms with Crippen LogP contribution in [-0.4, -0.2) is 89.6 Å². The molecule has 0 amide bonds. The highest BCUT2D eigenvalue weighted by Crippen LogP contribution is 2.26. The van der Waals surface area contributed by atoms with Gasteiger partial charge in [-0.15, -0.1) is 0 Å². The van der Waals surface area contributed by atoms with Crippen molar-refractivity contribution in [1.29, 1.82) is 0 Å². The van der Waals surface area contributed by atoms with Crippen molar-refractivity contribution < 1.29 is 19.1 Å². The molecule has 2 aliphatic rings. The number of hydrogen-bond donors (Lipinski definition) is 0. The molecular formula is C31H37N3O6. The topological polar surface area (TPSA) is 98.2 Å². The van der Waals surface area contributed by atoms with Crippen LogP contribution in [0.3, 0.4) is 0 Å². The third-order valence-corrected chi connectivity index (χ3v) is 8.65. The first-order valence-electron chi connectivity index (χ1n) is 13.8. The lowest BCUT2D eigenvalue weighted by Crippen LogP contribution is -2.54. The lowest BCUT2D eigenvalue weighted by molar-refractivity contribution is -0.00442. The van der Waals surface area contributed by atoms with E-state index in [4.69, 9.17) is 9.47 Å². The highest BCUT2D eigenvalue weighted by Gasteiger charge is 2.37. The fourth-order valence-corrected chi connectivity index (χ4v) is 5.92. The largest absolute Gasteiger partial charge is 0.379 e. The molecule has 0 saturated carbocycles. The zero-order chi connectivity index (χ0) is 28.8. The van der Waals surface area contributed by atoms with Gasteiger partial charge < -0.3 is 14.0 Å². The van der Waals surface area contributed by atoms with Crippen molar-refractivity contribution in [1.82, 2.24) is 14.4 Å². The number of morpholine rings is 2. The summed E-state index contributed by atoms with van der Waals surface area (Å²) in [6, 6.07) is 9.95. The number of aromatic nitrogens is 1. The fourth-order valence-electron chi connectivity index (χ4n) is 5.92. The second kappa shape index (κ2) is 10.6. The second-order valence-electron chi connectivity index (χ2n) is 11.7. The molecule has 9 heteroatoms. The zero-order valence-corrected chi connectivity index (χ0v) is 23.9. The molecule has 0 N–H and O–H groups in total. The molecule has 0 aliphatic carbocycles. The van der Waals surface area contributed by atoms with Crippen LogP contribution in [0.1, 0.15) is 48.4 Å². The van der Waals surface area contributed by atoms with Crippen LogP contribution >= 0.6 is 0 Å². The van der Waals surface area contributed by atoms with Crippen molar-refractivity contribution in [3.8, 4) is 0 Å². The van der Waals surface area contributed by atoms with Gasteiger partial charge in [0.25, 0.3) is 0 Å². The number of aryl methyl sites for hydroxylation is 1. The third-order valence-electron chi connectivity index (χ3n) is 8.65. The van der Waals surface area contributed by atoms with E-state index in [2.05, 4.69) is 9.80 Å². The van der Waals surface area contributed by atoms with Crippen molar-refractivity contribution in [3.05, 3.63) is 68.0 Å². The van der Waals surface area contributed by atoms with Crippen LogP contribution in [0.25, 0.3) is 21.8 Å². The molecule has 5 rings (SSSR count). The van der Waals surface area contributed by atoms with Crippen molar-refractivity contribution in [3.63, 3.8) is 0 Å². The molecule has 0 unspecified atom stereocenters. The molecular weight excluding hydrogens is 510 g/mol. The molecule has 212 valence electrons. The number of fused-ring (bicyclic) bond motifs is 2. The quantitative estimate of drug-likeness (QED) is 0.343. The summed E-state index contributed by atoms with van der Waals surface area (Å²) in [4.78, 5) is 58.6. The Balaban J connectivity index is 1.60. The summed E-state index contributed by atoms with van der Waals surface area (Å²) in [6.07, 6.45) is 0. The Morgan fingerprint density at radius 3 is 1.35 bits per heavy atom. The summed E-state index contributed by atoms with van der Waals surface area (Å²) in [5.74, 6) is -0.250. The number of carbonyl (C=O) groups excluding carboxylic acids is 2. The van der Waals surface area contributed by atoms with Gasteiger partial charge in [-0.25, -0.2) is 0 Å². The molecule has 1 aromatic heterocycles. The Bertz CT molecular complexity index is 1490. The molecule has 40 heavy (non-hydrogen) atoms. The van der Waals surface area contributed by atoms with E-state index in [0.717, 1.165) is 0 Å². The maximum Gasteiger partial charge on any atom is 0.235 e. The summed E-state index contributed by atoms with van der Waals surface area (Å²) < 4.78 is 12.7. The number of ether oxygens (including phenoxy) is 2. The Hall–Kier alpha value is -3.24. The maximum absolute atomic E-state index is 13.6. The van der Waals surface area contributed by atoms with Crippen LogP contribution in [0.4, 0.5) is 0 Å². The van der Waals surface area contributed by atoms with E-state index < -0.39 is 21.9 Å². The minimum atomic E-state index is -0.798. The second-order valence-corrected chi connectivity index (χ2v) is 11.7. The Morgan fingerprint density at radius 2 is 1.00 bits per heavy atom. The van der Waals surface area contributed by atoms with E-state index in [1.54, 1.807) is 35.9 Å². The number of Topliss-reactive ketones (excluding diaryl/α,β-unsaturated/α-hetero) is 2. The Kier molecular flexibility index (Phi) is 7.52. The lowest BCUT2D eigenvalue weighted by atomic mass is 9.90. The van der Waals surface area contributed by atoms with Gasteiger partial charge in [-0.05, 0) is 64.1 Å². The first-order valence-corrected chi connectivity index (χ1v) is 13.8. The van der Waals surface area contributed by atoms with Crippen molar-refractivity contribution >= 4 is 33.4 Å². The van der Waals surface area contributed by atoms with Crippen LogP contribution in [-0.2, 0) is 16.5 Å². The van der Waals surface area contributed by atoms with Gasteiger partial charge in [0.1, 0.15) is 0 Å².